The van der Waals surface area contributed by atoms with E-state index in [0.29, 0.717) is 22.1 Å². The summed E-state index contributed by atoms with van der Waals surface area (Å²) in [5.74, 6) is -1.09. The van der Waals surface area contributed by atoms with Gasteiger partial charge in [0.1, 0.15) is 0 Å². The van der Waals surface area contributed by atoms with Crippen molar-refractivity contribution in [3.63, 3.8) is 0 Å². The number of fused-ring (bicyclic) bond motifs is 6. The number of halogens is 4. The molecule has 0 saturated heterocycles. The van der Waals surface area contributed by atoms with Gasteiger partial charge in [0.05, 0.1) is 0 Å². The first-order chi connectivity index (χ1) is 19.0. The highest BCUT2D eigenvalue weighted by molar-refractivity contribution is 6.60. The van der Waals surface area contributed by atoms with Crippen molar-refractivity contribution in [3.8, 4) is 0 Å². The Morgan fingerprint density at radius 2 is 0.773 bits per heavy atom. The lowest BCUT2D eigenvalue weighted by Gasteiger charge is -2.17. The summed E-state index contributed by atoms with van der Waals surface area (Å²) in [5.41, 5.74) is 4.72. The molecule has 230 valence electrons. The zero-order valence-corrected chi connectivity index (χ0v) is 28.4. The lowest BCUT2D eigenvalue weighted by molar-refractivity contribution is -0.620. The van der Waals surface area contributed by atoms with E-state index in [9.17, 15) is 9.59 Å². The smallest absolute Gasteiger partial charge is 0.368 e. The summed E-state index contributed by atoms with van der Waals surface area (Å²) >= 11 is 0. The van der Waals surface area contributed by atoms with Gasteiger partial charge in [-0.2, -0.15) is 9.13 Å². The standard InChI is InChI=1S/C34H34N4O2.4ClH/c1-33(2,3)23-13-19-35(20-14-23)29-27-28(38-18-10-8-12-26(38)25-11-7-9-17-37(25)27)30(32(40)31(29)39)36-21-15-24(16-22-36)34(4,5)6;;;;/h7-22H,1-6H3;4*1H/q+4;;;;/p-4. The number of hydrogen-bond donors (Lipinski definition) is 0. The van der Waals surface area contributed by atoms with Crippen LogP contribution in [0.25, 0.3) is 22.4 Å². The molecule has 0 aliphatic heterocycles. The minimum atomic E-state index is -0.544. The van der Waals surface area contributed by atoms with Crippen molar-refractivity contribution in [2.75, 3.05) is 0 Å². The van der Waals surface area contributed by atoms with E-state index in [-0.39, 0.29) is 60.5 Å². The molecular weight excluding hydrogens is 638 g/mol. The molecule has 0 atom stereocenters. The fourth-order valence-corrected chi connectivity index (χ4v) is 5.43. The number of nitrogens with zero attached hydrogens (tertiary/aromatic N) is 4. The van der Waals surface area contributed by atoms with Crippen LogP contribution in [0, 0.1) is 0 Å². The number of rotatable bonds is 2. The maximum absolute atomic E-state index is 14.1. The number of carbonyl (C=O) groups excluding carboxylic acids is 2. The second-order valence-corrected chi connectivity index (χ2v) is 12.5. The van der Waals surface area contributed by atoms with E-state index in [0.717, 1.165) is 22.2 Å². The molecule has 0 saturated carbocycles. The second-order valence-electron chi connectivity index (χ2n) is 12.5. The van der Waals surface area contributed by atoms with Crippen molar-refractivity contribution in [2.24, 2.45) is 0 Å². The van der Waals surface area contributed by atoms with Gasteiger partial charge < -0.3 is 49.6 Å². The summed E-state index contributed by atoms with van der Waals surface area (Å²) in [6.45, 7) is 12.9. The minimum Gasteiger partial charge on any atom is -1.00 e. The minimum absolute atomic E-state index is 0. The van der Waals surface area contributed by atoms with Gasteiger partial charge in [-0.25, -0.2) is 0 Å². The lowest BCUT2D eigenvalue weighted by Crippen LogP contribution is -3.00. The van der Waals surface area contributed by atoms with E-state index in [4.69, 9.17) is 0 Å². The van der Waals surface area contributed by atoms with E-state index >= 15 is 0 Å². The zero-order chi connectivity index (χ0) is 28.4. The summed E-state index contributed by atoms with van der Waals surface area (Å²) in [7, 11) is 0. The Hall–Kier alpha value is -3.42. The first kappa shape index (κ1) is 36.8. The highest BCUT2D eigenvalue weighted by Gasteiger charge is 2.48. The van der Waals surface area contributed by atoms with E-state index < -0.39 is 11.6 Å². The van der Waals surface area contributed by atoms with Gasteiger partial charge in [-0.15, -0.1) is 8.80 Å². The van der Waals surface area contributed by atoms with Gasteiger partial charge in [0.25, 0.3) is 11.0 Å². The van der Waals surface area contributed by atoms with Crippen molar-refractivity contribution < 1.29 is 77.2 Å². The molecule has 0 N–H and O–H groups in total. The largest absolute Gasteiger partial charge is 1.00 e. The Balaban J connectivity index is 0.00000169. The molecule has 0 unspecified atom stereocenters. The Morgan fingerprint density at radius 3 is 1.07 bits per heavy atom. The molecule has 0 bridgehead atoms. The van der Waals surface area contributed by atoms with Crippen molar-refractivity contribution >= 4 is 34.0 Å². The zero-order valence-electron chi connectivity index (χ0n) is 25.4. The SMILES string of the molecule is CC(C)(C)c1cc[n+](C2=c3c([n+]4ccccc4c4cccc[n+]34)=C([n+]3ccc(C(C)(C)C)cc3)C(=O)C2=O)cc1.[Cl-].[Cl-].[Cl-].[Cl-]. The molecule has 0 spiro atoms. The van der Waals surface area contributed by atoms with Crippen molar-refractivity contribution in [2.45, 2.75) is 52.4 Å². The highest BCUT2D eigenvalue weighted by atomic mass is 35.5. The summed E-state index contributed by atoms with van der Waals surface area (Å²) in [4.78, 5) is 28.2. The van der Waals surface area contributed by atoms with Crippen LogP contribution in [0.1, 0.15) is 52.7 Å². The molecule has 0 radical (unpaired) electrons. The summed E-state index contributed by atoms with van der Waals surface area (Å²) in [6.07, 6.45) is 11.5. The third-order valence-electron chi connectivity index (χ3n) is 7.68. The summed E-state index contributed by atoms with van der Waals surface area (Å²) in [6, 6.07) is 20.0. The molecule has 10 heteroatoms. The average molecular weight is 672 g/mol. The predicted octanol–water partition coefficient (Wildman–Crippen LogP) is -10.2. The van der Waals surface area contributed by atoms with E-state index in [1.54, 1.807) is 9.13 Å². The Morgan fingerprint density at radius 1 is 0.455 bits per heavy atom. The molecule has 1 aliphatic carbocycles. The monoisotopic (exact) mass is 670 g/mol. The Kier molecular flexibility index (Phi) is 11.1. The lowest BCUT2D eigenvalue weighted by atomic mass is 9.88. The molecule has 5 aromatic heterocycles. The fourth-order valence-electron chi connectivity index (χ4n) is 5.43. The van der Waals surface area contributed by atoms with Crippen LogP contribution in [0.4, 0.5) is 0 Å². The summed E-state index contributed by atoms with van der Waals surface area (Å²) < 4.78 is 7.62. The maximum atomic E-state index is 14.1. The highest BCUT2D eigenvalue weighted by Crippen LogP contribution is 2.21. The summed E-state index contributed by atoms with van der Waals surface area (Å²) in [5, 5.41) is 1.33. The molecule has 44 heavy (non-hydrogen) atoms. The second kappa shape index (κ2) is 13.3. The third-order valence-corrected chi connectivity index (χ3v) is 7.68. The number of ketones is 2. The van der Waals surface area contributed by atoms with Crippen molar-refractivity contribution in [1.29, 1.82) is 0 Å². The van der Waals surface area contributed by atoms with Gasteiger partial charge in [-0.3, -0.25) is 9.59 Å². The molecule has 0 amide bonds. The van der Waals surface area contributed by atoms with Crippen molar-refractivity contribution in [3.05, 3.63) is 120 Å². The van der Waals surface area contributed by atoms with Crippen molar-refractivity contribution in [1.82, 2.24) is 0 Å². The van der Waals surface area contributed by atoms with Crippen LogP contribution in [0.15, 0.2) is 97.8 Å². The van der Waals surface area contributed by atoms with Crippen LogP contribution in [-0.4, -0.2) is 11.6 Å². The quantitative estimate of drug-likeness (QED) is 0.106. The normalized spacial score (nSPS) is 13.0. The first-order valence-corrected chi connectivity index (χ1v) is 13.6. The van der Waals surface area contributed by atoms with Crippen LogP contribution >= 0.6 is 0 Å². The first-order valence-electron chi connectivity index (χ1n) is 13.6. The van der Waals surface area contributed by atoms with Crippen LogP contribution < -0.4 is 78.3 Å². The van der Waals surface area contributed by atoms with E-state index in [2.05, 4.69) is 41.5 Å². The van der Waals surface area contributed by atoms with Gasteiger partial charge in [0, 0.05) is 48.5 Å². The van der Waals surface area contributed by atoms with Gasteiger partial charge in [-0.05, 0) is 34.1 Å². The maximum Gasteiger partial charge on any atom is 0.368 e. The number of hydrogen-bond acceptors (Lipinski definition) is 2. The van der Waals surface area contributed by atoms with Gasteiger partial charge in [-0.1, -0.05) is 41.5 Å². The van der Waals surface area contributed by atoms with Crippen LogP contribution in [-0.2, 0) is 20.4 Å². The van der Waals surface area contributed by atoms with E-state index in [1.165, 1.54) is 0 Å². The molecular formula is C34H34Cl4N4O2. The van der Waals surface area contributed by atoms with Gasteiger partial charge in [0.2, 0.25) is 0 Å². The number of Topliss-reactive ketones (excluding diaryl/α,β-unsaturated/α-hetero) is 2. The van der Waals surface area contributed by atoms with Crippen LogP contribution in [0.2, 0.25) is 0 Å². The molecule has 5 heterocycles. The topological polar surface area (TPSA) is 50.1 Å². The molecule has 6 rings (SSSR count). The number of pyridine rings is 4. The number of carbonyl (C=O) groups is 2. The van der Waals surface area contributed by atoms with Crippen LogP contribution in [0.3, 0.4) is 0 Å². The van der Waals surface area contributed by atoms with Gasteiger partial charge >= 0.3 is 33.7 Å². The number of aromatic nitrogens is 4. The molecule has 1 aliphatic rings. The molecule has 5 aromatic rings. The van der Waals surface area contributed by atoms with Gasteiger partial charge in [0.15, 0.2) is 37.2 Å². The average Bonchev–Trinajstić information content (AvgIpc) is 2.93. The molecule has 6 nitrogen and oxygen atoms in total. The molecule has 0 aromatic carbocycles. The predicted molar refractivity (Wildman–Crippen MR) is 150 cm³/mol. The molecule has 0 fully saturated rings. The third kappa shape index (κ3) is 6.09. The fraction of sp³-hybridized carbons (Fsp3) is 0.235. The Bertz CT molecular complexity index is 1850. The Labute approximate surface area is 282 Å². The van der Waals surface area contributed by atoms with Crippen LogP contribution in [0.5, 0.6) is 0 Å². The van der Waals surface area contributed by atoms with E-state index in [1.807, 2.05) is 107 Å².